The molecule has 6 N–H and O–H groups in total. The second-order valence-electron chi connectivity index (χ2n) is 16.7. The molecule has 0 spiro atoms. The van der Waals surface area contributed by atoms with E-state index in [1.807, 2.05) is 0 Å². The zero-order valence-electron chi connectivity index (χ0n) is 37.1. The molecule has 6 rings (SSSR count). The van der Waals surface area contributed by atoms with Gasteiger partial charge in [0.2, 0.25) is 0 Å². The summed E-state index contributed by atoms with van der Waals surface area (Å²) in [4.78, 5) is 0.180. The molecule has 20 nitrogen and oxygen atoms in total. The van der Waals surface area contributed by atoms with Crippen LogP contribution in [0.15, 0.2) is 103 Å². The Balaban J connectivity index is 0.00000504. The van der Waals surface area contributed by atoms with Crippen LogP contribution in [0.1, 0.15) is 53.1 Å². The Kier molecular flexibility index (Phi) is 15.9. The van der Waals surface area contributed by atoms with Gasteiger partial charge in [-0.3, -0.25) is 27.3 Å². The van der Waals surface area contributed by atoms with Crippen molar-refractivity contribution in [3.8, 4) is 0 Å². The van der Waals surface area contributed by atoms with E-state index < -0.39 is 109 Å². The monoisotopic (exact) mass is 1140 g/mol. The largest absolute Gasteiger partial charge is 1.00 e. The first-order valence-electron chi connectivity index (χ1n) is 19.3. The van der Waals surface area contributed by atoms with E-state index in [1.54, 1.807) is 61.8 Å². The number of nitrogens with zero attached hydrogens (tertiary/aromatic N) is 2. The van der Waals surface area contributed by atoms with Gasteiger partial charge in [-0.2, -0.15) is 50.5 Å². The van der Waals surface area contributed by atoms with E-state index in [0.29, 0.717) is 44.8 Å². The molecule has 0 bridgehead atoms. The molecular weight excluding hydrogens is 1100 g/mol. The van der Waals surface area contributed by atoms with E-state index >= 15 is 0 Å². The second-order valence-corrected chi connectivity index (χ2v) is 26.4. The van der Waals surface area contributed by atoms with Crippen LogP contribution in [0, 0.1) is 0 Å². The maximum absolute atomic E-state index is 12.5. The molecular formula is C39H44BrKN2O18S6. The molecule has 0 amide bonds. The van der Waals surface area contributed by atoms with Gasteiger partial charge in [-0.1, -0.05) is 61.8 Å². The van der Waals surface area contributed by atoms with Gasteiger partial charge in [0, 0.05) is 56.2 Å². The Morgan fingerprint density at radius 3 is 1.52 bits per heavy atom. The fourth-order valence-corrected chi connectivity index (χ4v) is 12.8. The van der Waals surface area contributed by atoms with Crippen molar-refractivity contribution in [1.82, 2.24) is 0 Å². The Morgan fingerprint density at radius 1 is 0.627 bits per heavy atom. The van der Waals surface area contributed by atoms with Gasteiger partial charge in [-0.15, -0.1) is 0 Å². The number of hydrogen-bond acceptors (Lipinski definition) is 14. The molecule has 0 radical (unpaired) electrons. The Morgan fingerprint density at radius 2 is 1.07 bits per heavy atom. The fraction of sp³-hybridized carbons (Fsp3) is 0.333. The van der Waals surface area contributed by atoms with Gasteiger partial charge < -0.3 is 11.2 Å². The molecule has 0 saturated heterocycles. The first kappa shape index (κ1) is 55.7. The molecule has 1 unspecified atom stereocenters. The number of anilines is 2. The van der Waals surface area contributed by atoms with E-state index in [2.05, 4.69) is 15.9 Å². The molecule has 2 heterocycles. The van der Waals surface area contributed by atoms with Crippen LogP contribution in [0.3, 0.4) is 0 Å². The summed E-state index contributed by atoms with van der Waals surface area (Å²) in [6.07, 6.45) is 6.32. The smallest absolute Gasteiger partial charge is 1.00 e. The molecule has 4 aromatic rings. The van der Waals surface area contributed by atoms with Crippen molar-refractivity contribution in [3.05, 3.63) is 94.1 Å². The summed E-state index contributed by atoms with van der Waals surface area (Å²) in [7, 11) is -29.0. The number of rotatable bonds is 15. The standard InChI is InChI=1S/C39H43BrN2O18S6.K.H/c1-38(2)34(41(15-5-17-61(43,44)45)30-11-9-26-28(36(30)38)19-24(63(49,50)51)21-32(26)65(55,56)57)13-7-23(40)8-14-35-39(3,4)37-29-20-25(64(52,53)54)22-33(66(58,59)60)27(29)10-12-31(37)42(35)16-6-18-62(46,47)48;;/h7-14,19-22,34H,5-6,15-18H2,1-4H3,(H,43,44,45)(H,46,47,48)(H,49,50,51)(H,52,53,54)(H,55,56,57)(H,58,59,60);;/q;+1;-1/b13-7+,23-8-,35-14-;;. The maximum Gasteiger partial charge on any atom is 1.00 e. The number of hydrogen-bond donors (Lipinski definition) is 6. The fourth-order valence-electron chi connectivity index (χ4n) is 8.90. The third-order valence-electron chi connectivity index (χ3n) is 11.5. The van der Waals surface area contributed by atoms with Crippen LogP contribution in [0.4, 0.5) is 11.4 Å². The Labute approximate surface area is 440 Å². The van der Waals surface area contributed by atoms with Crippen LogP contribution in [0.25, 0.3) is 21.5 Å². The van der Waals surface area contributed by atoms with Crippen LogP contribution in [-0.4, -0.2) is 108 Å². The van der Waals surface area contributed by atoms with Crippen LogP contribution in [0.5, 0.6) is 0 Å². The van der Waals surface area contributed by atoms with Gasteiger partial charge in [0.15, 0.2) is 0 Å². The summed E-state index contributed by atoms with van der Waals surface area (Å²) in [5.41, 5.74) is -0.307. The van der Waals surface area contributed by atoms with E-state index in [1.165, 1.54) is 24.3 Å². The minimum atomic E-state index is -5.06. The zero-order valence-corrected chi connectivity index (χ0v) is 45.7. The van der Waals surface area contributed by atoms with Crippen molar-refractivity contribution in [2.24, 2.45) is 0 Å². The molecule has 0 fully saturated rings. The number of halogens is 1. The summed E-state index contributed by atoms with van der Waals surface area (Å²) < 4.78 is 206. The van der Waals surface area contributed by atoms with Crippen molar-refractivity contribution >= 4 is 110 Å². The Hall–Kier alpha value is -2.20. The predicted octanol–water partition coefficient (Wildman–Crippen LogP) is 2.64. The van der Waals surface area contributed by atoms with Crippen LogP contribution in [0.2, 0.25) is 0 Å². The molecule has 362 valence electrons. The van der Waals surface area contributed by atoms with Crippen molar-refractivity contribution in [2.45, 2.75) is 77.0 Å². The normalized spacial score (nSPS) is 18.5. The molecule has 28 heteroatoms. The molecule has 0 aromatic heterocycles. The van der Waals surface area contributed by atoms with Gasteiger partial charge >= 0.3 is 51.4 Å². The Bertz CT molecular complexity index is 3530. The molecule has 2 aliphatic heterocycles. The summed E-state index contributed by atoms with van der Waals surface area (Å²) in [6, 6.07) is 8.26. The average molecular weight is 1140 g/mol. The molecule has 0 saturated carbocycles. The first-order chi connectivity index (χ1) is 29.9. The van der Waals surface area contributed by atoms with E-state index in [4.69, 9.17) is 0 Å². The summed E-state index contributed by atoms with van der Waals surface area (Å²) >= 11 is 3.53. The van der Waals surface area contributed by atoms with Gasteiger partial charge in [-0.05, 0) is 89.4 Å². The van der Waals surface area contributed by atoms with Gasteiger partial charge in [0.05, 0.1) is 27.3 Å². The van der Waals surface area contributed by atoms with Crippen molar-refractivity contribution in [1.29, 1.82) is 0 Å². The topological polar surface area (TPSA) is 333 Å². The summed E-state index contributed by atoms with van der Waals surface area (Å²) in [6.45, 7) is 6.84. The van der Waals surface area contributed by atoms with E-state index in [-0.39, 0.29) is 100 Å². The van der Waals surface area contributed by atoms with Crippen LogP contribution in [-0.2, 0) is 71.5 Å². The molecule has 4 aromatic carbocycles. The maximum atomic E-state index is 12.5. The molecule has 67 heavy (non-hydrogen) atoms. The third kappa shape index (κ3) is 11.8. The third-order valence-corrected chi connectivity index (χ3v) is 17.1. The minimum absolute atomic E-state index is 0. The van der Waals surface area contributed by atoms with Crippen molar-refractivity contribution in [3.63, 3.8) is 0 Å². The average Bonchev–Trinajstić information content (AvgIpc) is 3.50. The van der Waals surface area contributed by atoms with E-state index in [0.717, 1.165) is 12.1 Å². The summed E-state index contributed by atoms with van der Waals surface area (Å²) in [5.74, 6) is -1.28. The zero-order chi connectivity index (χ0) is 49.5. The number of allylic oxidation sites excluding steroid dienone is 5. The molecule has 2 aliphatic rings. The molecule has 1 atom stereocenters. The number of fused-ring (bicyclic) bond motifs is 6. The van der Waals surface area contributed by atoms with Gasteiger partial charge in [0.1, 0.15) is 9.79 Å². The summed E-state index contributed by atoms with van der Waals surface area (Å²) in [5, 5.41) is -0.117. The molecule has 0 aliphatic carbocycles. The SMILES string of the molecule is CC1(C)/C(=C/C=C(Br)/C=C/C2N(CCCS(=O)(=O)O)c3ccc4c(S(=O)(=O)O)cc(S(=O)(=O)O)cc4c3C2(C)C)N(CCCS(=O)(=O)O)c2ccc3c(S(=O)(=O)O)cc(S(=O)(=O)O)cc3c21.[H-].[K+]. The van der Waals surface area contributed by atoms with Crippen molar-refractivity contribution < 1.29 is 131 Å². The van der Waals surface area contributed by atoms with Crippen LogP contribution < -0.4 is 61.2 Å². The number of benzene rings is 4. The quantitative estimate of drug-likeness (QED) is 0.0566. The predicted molar refractivity (Wildman–Crippen MR) is 249 cm³/mol. The van der Waals surface area contributed by atoms with Gasteiger partial charge in [-0.25, -0.2) is 0 Å². The minimum Gasteiger partial charge on any atom is -1.00 e. The van der Waals surface area contributed by atoms with E-state index in [9.17, 15) is 77.8 Å². The van der Waals surface area contributed by atoms with Crippen LogP contribution >= 0.6 is 15.9 Å². The van der Waals surface area contributed by atoms with Gasteiger partial charge in [0.25, 0.3) is 60.7 Å². The second kappa shape index (κ2) is 19.1. The van der Waals surface area contributed by atoms with Crippen molar-refractivity contribution in [2.75, 3.05) is 34.4 Å². The first-order valence-corrected chi connectivity index (χ1v) is 29.0.